The molecule has 6 heteroatoms. The molecule has 1 aromatic heterocycles. The molecule has 3 N–H and O–H groups in total. The Labute approximate surface area is 121 Å². The molecule has 0 saturated carbocycles. The molecule has 0 bridgehead atoms. The average molecular weight is 291 g/mol. The van der Waals surface area contributed by atoms with Crippen LogP contribution >= 0.6 is 24.0 Å². The highest BCUT2D eigenvalue weighted by atomic mass is 32.2. The fraction of sp³-hybridized carbons (Fsp3) is 0.0769. The summed E-state index contributed by atoms with van der Waals surface area (Å²) in [6.07, 6.45) is 3.57. The Morgan fingerprint density at radius 1 is 1.32 bits per heavy atom. The molecule has 4 nitrogen and oxygen atoms in total. The Hall–Kier alpha value is -1.79. The second-order valence-electron chi connectivity index (χ2n) is 3.66. The zero-order valence-electron chi connectivity index (χ0n) is 10.3. The Morgan fingerprint density at radius 3 is 2.68 bits per heavy atom. The topological polar surface area (TPSA) is 63.5 Å². The smallest absolute Gasteiger partial charge is 0.184 e. The number of hydrogen-bond acceptors (Lipinski definition) is 4. The van der Waals surface area contributed by atoms with Gasteiger partial charge in [-0.3, -0.25) is 5.43 Å². The summed E-state index contributed by atoms with van der Waals surface area (Å²) in [6.45, 7) is 0. The van der Waals surface area contributed by atoms with Crippen LogP contribution in [-0.2, 0) is 0 Å². The summed E-state index contributed by atoms with van der Waals surface area (Å²) in [5.74, 6) is 1.43. The molecule has 0 fully saturated rings. The van der Waals surface area contributed by atoms with Crippen molar-refractivity contribution in [2.45, 2.75) is 4.90 Å². The van der Waals surface area contributed by atoms with Crippen molar-refractivity contribution >= 4 is 35.3 Å². The third kappa shape index (κ3) is 3.84. The summed E-state index contributed by atoms with van der Waals surface area (Å²) in [4.78, 5) is 1.22. The molecule has 0 atom stereocenters. The van der Waals surface area contributed by atoms with Crippen LogP contribution in [0.2, 0.25) is 0 Å². The first kappa shape index (κ1) is 13.6. The first-order valence-electron chi connectivity index (χ1n) is 5.52. The summed E-state index contributed by atoms with van der Waals surface area (Å²) in [5, 5.41) is 3.96. The van der Waals surface area contributed by atoms with E-state index in [9.17, 15) is 0 Å². The highest BCUT2D eigenvalue weighted by Gasteiger charge is 2.03. The van der Waals surface area contributed by atoms with Crippen LogP contribution < -0.4 is 11.2 Å². The number of nitrogens with zero attached hydrogens (tertiary/aromatic N) is 1. The Balaban J connectivity index is 2.11. The molecule has 0 aliphatic carbocycles. The van der Waals surface area contributed by atoms with E-state index in [0.717, 1.165) is 11.3 Å². The van der Waals surface area contributed by atoms with Crippen LogP contribution in [0.15, 0.2) is 50.8 Å². The lowest BCUT2D eigenvalue weighted by molar-refractivity contribution is 0.574. The van der Waals surface area contributed by atoms with Crippen LogP contribution in [-0.4, -0.2) is 17.6 Å². The Morgan fingerprint density at radius 2 is 2.05 bits per heavy atom. The van der Waals surface area contributed by atoms with Gasteiger partial charge in [-0.1, -0.05) is 12.1 Å². The summed E-state index contributed by atoms with van der Waals surface area (Å²) in [5.41, 5.74) is 8.76. The van der Waals surface area contributed by atoms with Crippen molar-refractivity contribution in [3.63, 3.8) is 0 Å². The van der Waals surface area contributed by atoms with Crippen molar-refractivity contribution in [1.82, 2.24) is 5.43 Å². The van der Waals surface area contributed by atoms with E-state index in [1.807, 2.05) is 30.5 Å². The standard InChI is InChI=1S/C13H13N3OS2/c1-19-11-5-2-9(3-6-11)12-7-4-10(17-12)8-15-16-13(14)18/h2-8H,1H3,(H3,14,16,18)/b15-8+. The number of thioether (sulfide) groups is 1. The molecule has 2 aromatic rings. The van der Waals surface area contributed by atoms with Crippen LogP contribution in [0.5, 0.6) is 0 Å². The summed E-state index contributed by atoms with van der Waals surface area (Å²) in [6, 6.07) is 11.9. The maximum absolute atomic E-state index is 5.64. The molecule has 0 radical (unpaired) electrons. The predicted molar refractivity (Wildman–Crippen MR) is 83.4 cm³/mol. The zero-order valence-corrected chi connectivity index (χ0v) is 11.9. The number of hydrogen-bond donors (Lipinski definition) is 2. The molecule has 0 unspecified atom stereocenters. The van der Waals surface area contributed by atoms with E-state index in [2.05, 4.69) is 34.9 Å². The summed E-state index contributed by atoms with van der Waals surface area (Å²) >= 11 is 6.34. The normalized spacial score (nSPS) is 10.8. The minimum absolute atomic E-state index is 0.121. The molecule has 1 heterocycles. The number of thiocarbonyl (C=S) groups is 1. The lowest BCUT2D eigenvalue weighted by atomic mass is 10.2. The van der Waals surface area contributed by atoms with Crippen molar-refractivity contribution in [2.24, 2.45) is 10.8 Å². The van der Waals surface area contributed by atoms with Gasteiger partial charge in [0.15, 0.2) is 5.11 Å². The van der Waals surface area contributed by atoms with E-state index in [4.69, 9.17) is 10.2 Å². The third-order valence-electron chi connectivity index (χ3n) is 2.37. The third-order valence-corrected chi connectivity index (χ3v) is 3.20. The van der Waals surface area contributed by atoms with Gasteiger partial charge < -0.3 is 10.2 Å². The van der Waals surface area contributed by atoms with E-state index >= 15 is 0 Å². The van der Waals surface area contributed by atoms with Crippen molar-refractivity contribution < 1.29 is 4.42 Å². The van der Waals surface area contributed by atoms with Crippen LogP contribution in [0.1, 0.15) is 5.76 Å². The van der Waals surface area contributed by atoms with Gasteiger partial charge in [0.25, 0.3) is 0 Å². The van der Waals surface area contributed by atoms with Crippen molar-refractivity contribution in [3.8, 4) is 11.3 Å². The van der Waals surface area contributed by atoms with Crippen LogP contribution in [0, 0.1) is 0 Å². The molecule has 98 valence electrons. The lowest BCUT2D eigenvalue weighted by Gasteiger charge is -1.98. The van der Waals surface area contributed by atoms with E-state index in [-0.39, 0.29) is 5.11 Å². The Kier molecular flexibility index (Phi) is 4.59. The fourth-order valence-corrected chi connectivity index (χ4v) is 1.95. The SMILES string of the molecule is CSc1ccc(-c2ccc(/C=N/NC(N)=S)o2)cc1. The highest BCUT2D eigenvalue weighted by Crippen LogP contribution is 2.24. The molecule has 0 spiro atoms. The molecule has 2 rings (SSSR count). The van der Waals surface area contributed by atoms with Crippen LogP contribution in [0.4, 0.5) is 0 Å². The van der Waals surface area contributed by atoms with Crippen LogP contribution in [0.25, 0.3) is 11.3 Å². The number of benzene rings is 1. The highest BCUT2D eigenvalue weighted by molar-refractivity contribution is 7.98. The first-order valence-corrected chi connectivity index (χ1v) is 7.15. The van der Waals surface area contributed by atoms with Gasteiger partial charge in [0.2, 0.25) is 0 Å². The monoisotopic (exact) mass is 291 g/mol. The quantitative estimate of drug-likeness (QED) is 0.392. The number of nitrogens with one attached hydrogen (secondary N) is 1. The van der Waals surface area contributed by atoms with Gasteiger partial charge in [0.1, 0.15) is 11.5 Å². The van der Waals surface area contributed by atoms with Gasteiger partial charge in [-0.2, -0.15) is 5.10 Å². The maximum Gasteiger partial charge on any atom is 0.184 e. The molecular weight excluding hydrogens is 278 g/mol. The molecule has 0 amide bonds. The fourth-order valence-electron chi connectivity index (χ4n) is 1.49. The van der Waals surface area contributed by atoms with Crippen molar-refractivity contribution in [2.75, 3.05) is 6.26 Å². The number of hydrazone groups is 1. The maximum atomic E-state index is 5.64. The minimum Gasteiger partial charge on any atom is -0.455 e. The molecular formula is C13H13N3OS2. The molecule has 0 aliphatic rings. The van der Waals surface area contributed by atoms with Gasteiger partial charge in [-0.15, -0.1) is 11.8 Å². The zero-order chi connectivity index (χ0) is 13.7. The molecule has 1 aromatic carbocycles. The Bertz CT molecular complexity index is 590. The van der Waals surface area contributed by atoms with Gasteiger partial charge >= 0.3 is 0 Å². The summed E-state index contributed by atoms with van der Waals surface area (Å²) in [7, 11) is 0. The largest absolute Gasteiger partial charge is 0.455 e. The van der Waals surface area contributed by atoms with Gasteiger partial charge in [-0.05, 0) is 42.7 Å². The van der Waals surface area contributed by atoms with Crippen LogP contribution in [0.3, 0.4) is 0 Å². The van der Waals surface area contributed by atoms with Crippen molar-refractivity contribution in [1.29, 1.82) is 0 Å². The van der Waals surface area contributed by atoms with Gasteiger partial charge in [-0.25, -0.2) is 0 Å². The number of rotatable bonds is 4. The van der Waals surface area contributed by atoms with Gasteiger partial charge in [0.05, 0.1) is 6.21 Å². The van der Waals surface area contributed by atoms with E-state index in [1.165, 1.54) is 11.1 Å². The number of nitrogens with two attached hydrogens (primary N) is 1. The predicted octanol–water partition coefficient (Wildman–Crippen LogP) is 2.84. The second-order valence-corrected chi connectivity index (χ2v) is 4.98. The minimum atomic E-state index is 0.121. The van der Waals surface area contributed by atoms with E-state index in [0.29, 0.717) is 5.76 Å². The first-order chi connectivity index (χ1) is 9.19. The summed E-state index contributed by atoms with van der Waals surface area (Å²) < 4.78 is 5.64. The van der Waals surface area contributed by atoms with E-state index < -0.39 is 0 Å². The molecule has 0 aliphatic heterocycles. The lowest BCUT2D eigenvalue weighted by Crippen LogP contribution is -2.23. The van der Waals surface area contributed by atoms with E-state index in [1.54, 1.807) is 11.8 Å². The number of furan rings is 1. The van der Waals surface area contributed by atoms with Gasteiger partial charge in [0, 0.05) is 10.5 Å². The average Bonchev–Trinajstić information content (AvgIpc) is 2.87. The second kappa shape index (κ2) is 6.40. The molecule has 19 heavy (non-hydrogen) atoms. The molecule has 0 saturated heterocycles. The van der Waals surface area contributed by atoms with Crippen molar-refractivity contribution in [3.05, 3.63) is 42.2 Å².